The number of rotatable bonds is 10. The number of urea groups is 1. The molecule has 224 valence electrons. The molecular weight excluding hydrogens is 568 g/mol. The number of amides is 2. The number of nitrogens with one attached hydrogen (secondary N) is 3. The van der Waals surface area contributed by atoms with E-state index < -0.39 is 11.8 Å². The minimum atomic E-state index is -0.732. The molecule has 2 aromatic rings. The van der Waals surface area contributed by atoms with Gasteiger partial charge in [-0.05, 0) is 48.4 Å². The number of guanidine groups is 1. The van der Waals surface area contributed by atoms with E-state index in [2.05, 4.69) is 47.5 Å². The molecule has 0 aliphatic heterocycles. The van der Waals surface area contributed by atoms with Gasteiger partial charge in [0.1, 0.15) is 11.6 Å². The zero-order valence-electron chi connectivity index (χ0n) is 24.1. The summed E-state index contributed by atoms with van der Waals surface area (Å²) in [5.74, 6) is -0.642. The molecule has 1 aromatic heterocycles. The van der Waals surface area contributed by atoms with Gasteiger partial charge in [-0.15, -0.1) is 9.24 Å². The van der Waals surface area contributed by atoms with Crippen LogP contribution in [0.1, 0.15) is 44.2 Å². The number of aliphatic imine (C=N–C) groups is 2. The number of benzene rings is 1. The van der Waals surface area contributed by atoms with Crippen LogP contribution >= 0.6 is 9.24 Å². The number of halogens is 1. The molecule has 2 unspecified atom stereocenters. The number of nitriles is 1. The third-order valence-electron chi connectivity index (χ3n) is 6.36. The molecule has 43 heavy (non-hydrogen) atoms. The average Bonchev–Trinajstić information content (AvgIpc) is 2.97. The lowest BCUT2D eigenvalue weighted by atomic mass is 10.00. The predicted molar refractivity (Wildman–Crippen MR) is 170 cm³/mol. The van der Waals surface area contributed by atoms with Crippen molar-refractivity contribution >= 4 is 32.2 Å². The van der Waals surface area contributed by atoms with Crippen molar-refractivity contribution in [1.29, 1.82) is 5.26 Å². The molecule has 0 radical (unpaired) electrons. The summed E-state index contributed by atoms with van der Waals surface area (Å²) in [5.41, 5.74) is 1.97. The highest BCUT2D eigenvalue weighted by Crippen LogP contribution is 2.20. The summed E-state index contributed by atoms with van der Waals surface area (Å²) in [6, 6.07) is 9.00. The molecule has 0 saturated carbocycles. The fourth-order valence-electron chi connectivity index (χ4n) is 4.13. The summed E-state index contributed by atoms with van der Waals surface area (Å²) in [5, 5.41) is 26.0. The van der Waals surface area contributed by atoms with Gasteiger partial charge in [0.15, 0.2) is 0 Å². The normalized spacial score (nSPS) is 15.7. The first-order valence-electron chi connectivity index (χ1n) is 13.7. The Balaban J connectivity index is 1.95. The first kappa shape index (κ1) is 32.7. The summed E-state index contributed by atoms with van der Waals surface area (Å²) < 4.78 is 14.3. The number of hydrogen-bond donors (Lipinski definition) is 4. The minimum absolute atomic E-state index is 0.0295. The molecule has 3 rings (SSSR count). The van der Waals surface area contributed by atoms with Gasteiger partial charge in [0.2, 0.25) is 5.96 Å². The van der Waals surface area contributed by atoms with Crippen molar-refractivity contribution in [1.82, 2.24) is 20.5 Å². The van der Waals surface area contributed by atoms with Crippen LogP contribution in [0.3, 0.4) is 0 Å². The van der Waals surface area contributed by atoms with Crippen molar-refractivity contribution in [2.75, 3.05) is 0 Å². The average molecular weight is 604 g/mol. The number of aliphatic hydroxyl groups excluding tert-OH is 1. The third kappa shape index (κ3) is 9.35. The van der Waals surface area contributed by atoms with Crippen molar-refractivity contribution in [2.24, 2.45) is 9.98 Å². The van der Waals surface area contributed by atoms with Crippen molar-refractivity contribution < 1.29 is 14.3 Å². The molecule has 10 nitrogen and oxygen atoms in total. The van der Waals surface area contributed by atoms with E-state index in [1.165, 1.54) is 29.4 Å². The Morgan fingerprint density at radius 3 is 2.74 bits per heavy atom. The Morgan fingerprint density at radius 2 is 2.09 bits per heavy atom. The number of aromatic amines is 1. The van der Waals surface area contributed by atoms with E-state index >= 15 is 0 Å². The summed E-state index contributed by atoms with van der Waals surface area (Å²) in [7, 11) is 2.30. The number of allylic oxidation sites excluding steroid dienone is 4. The van der Waals surface area contributed by atoms with Crippen LogP contribution in [0, 0.1) is 17.1 Å². The van der Waals surface area contributed by atoms with E-state index in [0.717, 1.165) is 5.57 Å². The highest BCUT2D eigenvalue weighted by atomic mass is 31.0. The predicted octanol–water partition coefficient (Wildman–Crippen LogP) is 4.62. The van der Waals surface area contributed by atoms with Gasteiger partial charge in [-0.1, -0.05) is 44.7 Å². The number of nitrogens with zero attached hydrogens (tertiary/aromatic N) is 4. The Bertz CT molecular complexity index is 1600. The van der Waals surface area contributed by atoms with Crippen molar-refractivity contribution in [3.63, 3.8) is 0 Å². The Morgan fingerprint density at radius 1 is 1.30 bits per heavy atom. The number of H-pyrrole nitrogens is 1. The number of hydrogen-bond acceptors (Lipinski definition) is 5. The zero-order chi connectivity index (χ0) is 31.4. The molecule has 2 amide bonds. The first-order valence-corrected chi connectivity index (χ1v) is 14.3. The third-order valence-corrected chi connectivity index (χ3v) is 6.83. The molecule has 1 aliphatic carbocycles. The number of carbonyl (C=O) groups excluding carboxylic acids is 1. The maximum Gasteiger partial charge on any atom is 0.347 e. The second-order valence-electron chi connectivity index (χ2n) is 9.55. The van der Waals surface area contributed by atoms with Gasteiger partial charge in [0.05, 0.1) is 36.5 Å². The smallest absolute Gasteiger partial charge is 0.347 e. The number of carbonyl (C=O) groups is 1. The first-order chi connectivity index (χ1) is 20.7. The maximum atomic E-state index is 14.3. The zero-order valence-corrected chi connectivity index (χ0v) is 25.3. The molecule has 0 saturated heterocycles. The van der Waals surface area contributed by atoms with Gasteiger partial charge in [-0.3, -0.25) is 9.79 Å². The quantitative estimate of drug-likeness (QED) is 0.177. The highest BCUT2D eigenvalue weighted by molar-refractivity contribution is 7.27. The molecule has 0 bridgehead atoms. The Labute approximate surface area is 252 Å². The number of aromatic nitrogens is 1. The van der Waals surface area contributed by atoms with E-state index in [1.54, 1.807) is 30.3 Å². The van der Waals surface area contributed by atoms with Gasteiger partial charge in [0, 0.05) is 29.7 Å². The SMILES string of the molecule is C=CN/C(=N\C(=O)N(Cc1ccc(P)c(F)c1)Cc1ccc[nH]c1=O)NC1=CC(=C/CC)/C(=N\C(CC)CC#N)C=C1O. The molecule has 1 aromatic carbocycles. The van der Waals surface area contributed by atoms with Gasteiger partial charge >= 0.3 is 6.03 Å². The van der Waals surface area contributed by atoms with Crippen molar-refractivity contribution in [2.45, 2.75) is 52.2 Å². The number of pyridine rings is 1. The van der Waals surface area contributed by atoms with Gasteiger partial charge < -0.3 is 25.6 Å². The van der Waals surface area contributed by atoms with Crippen LogP contribution < -0.4 is 21.5 Å². The Kier molecular flexibility index (Phi) is 12.2. The van der Waals surface area contributed by atoms with Crippen LogP contribution in [0.4, 0.5) is 9.18 Å². The van der Waals surface area contributed by atoms with E-state index in [1.807, 2.05) is 19.9 Å². The van der Waals surface area contributed by atoms with E-state index in [9.17, 15) is 19.1 Å². The van der Waals surface area contributed by atoms with E-state index in [0.29, 0.717) is 35.0 Å². The largest absolute Gasteiger partial charge is 0.506 e. The molecule has 1 heterocycles. The van der Waals surface area contributed by atoms with Crippen molar-refractivity contribution in [3.05, 3.63) is 112 Å². The van der Waals surface area contributed by atoms with Crippen LogP contribution in [-0.4, -0.2) is 38.7 Å². The minimum Gasteiger partial charge on any atom is -0.506 e. The lowest BCUT2D eigenvalue weighted by Gasteiger charge is -2.22. The molecule has 4 N–H and O–H groups in total. The van der Waals surface area contributed by atoms with Crippen molar-refractivity contribution in [3.8, 4) is 6.07 Å². The molecule has 12 heteroatoms. The number of aliphatic hydroxyl groups is 1. The summed E-state index contributed by atoms with van der Waals surface area (Å²) in [6.45, 7) is 7.43. The molecule has 2 atom stereocenters. The molecule has 0 fully saturated rings. The molecule has 0 spiro atoms. The topological polar surface area (TPSA) is 146 Å². The lowest BCUT2D eigenvalue weighted by Crippen LogP contribution is -2.38. The summed E-state index contributed by atoms with van der Waals surface area (Å²) in [4.78, 5) is 38.6. The second kappa shape index (κ2) is 16.0. The summed E-state index contributed by atoms with van der Waals surface area (Å²) in [6.07, 6.45) is 9.52. The lowest BCUT2D eigenvalue weighted by molar-refractivity contribution is 0.202. The van der Waals surface area contributed by atoms with Crippen LogP contribution in [0.15, 0.2) is 99.3 Å². The molecular formula is C31H35FN7O3P. The summed E-state index contributed by atoms with van der Waals surface area (Å²) >= 11 is 0. The van der Waals surface area contributed by atoms with E-state index in [4.69, 9.17) is 5.26 Å². The monoisotopic (exact) mass is 603 g/mol. The maximum absolute atomic E-state index is 14.3. The fourth-order valence-corrected chi connectivity index (χ4v) is 4.31. The highest BCUT2D eigenvalue weighted by Gasteiger charge is 2.21. The molecule has 1 aliphatic rings. The van der Waals surface area contributed by atoms with Gasteiger partial charge in [-0.25, -0.2) is 9.18 Å². The Hall–Kier alpha value is -4.81. The van der Waals surface area contributed by atoms with Crippen LogP contribution in [-0.2, 0) is 13.1 Å². The fraction of sp³-hybridized carbons (Fsp3) is 0.258. The second-order valence-corrected chi connectivity index (χ2v) is 10.2. The van der Waals surface area contributed by atoms with Crippen LogP contribution in [0.25, 0.3) is 0 Å². The standard InChI is InChI=1S/C31H35FN7O3P/c1-4-8-21-16-26(27(40)17-25(21)36-23(5-2)12-13-33)37-30(34-6-3)38-31(42)39(19-22-9-7-14-35-29(22)41)18-20-10-11-28(43)24(32)15-20/h6-11,14-17,23,40H,3-5,12,18-19,43H2,1-2H3,(H,35,41)(H2,34,37,38,42)/b21-8-,36-25-. The van der Waals surface area contributed by atoms with Crippen LogP contribution in [0.5, 0.6) is 0 Å². The van der Waals surface area contributed by atoms with Gasteiger partial charge in [0.25, 0.3) is 5.56 Å². The van der Waals surface area contributed by atoms with E-state index in [-0.39, 0.29) is 48.5 Å². The van der Waals surface area contributed by atoms with Crippen LogP contribution in [0.2, 0.25) is 0 Å². The van der Waals surface area contributed by atoms with Gasteiger partial charge in [-0.2, -0.15) is 10.3 Å².